The third kappa shape index (κ3) is 1.29. The van der Waals surface area contributed by atoms with Crippen LogP contribution in [-0.2, 0) is 4.74 Å². The van der Waals surface area contributed by atoms with E-state index in [1.807, 2.05) is 12.3 Å². The van der Waals surface area contributed by atoms with Crippen molar-refractivity contribution in [2.24, 2.45) is 0 Å². The standard InChI is InChI=1S/C16H13NO/c1-3-7-14-12(5-1)9-10-17-15-8-4-2-6-13(15)11-18-16(14)17/h1-11,15-16H. The van der Waals surface area contributed by atoms with Crippen molar-refractivity contribution < 1.29 is 4.74 Å². The van der Waals surface area contributed by atoms with Crippen LogP contribution < -0.4 is 0 Å². The van der Waals surface area contributed by atoms with Gasteiger partial charge in [0.2, 0.25) is 0 Å². The Bertz CT molecular complexity index is 609. The van der Waals surface area contributed by atoms with Crippen LogP contribution >= 0.6 is 0 Å². The Hall–Kier alpha value is -2.22. The maximum absolute atomic E-state index is 5.91. The lowest BCUT2D eigenvalue weighted by Crippen LogP contribution is -2.40. The molecule has 0 radical (unpaired) electrons. The summed E-state index contributed by atoms with van der Waals surface area (Å²) < 4.78 is 5.91. The minimum atomic E-state index is -0.00361. The second kappa shape index (κ2) is 3.64. The lowest BCUT2D eigenvalue weighted by Gasteiger charge is -2.42. The summed E-state index contributed by atoms with van der Waals surface area (Å²) in [6.45, 7) is 0. The molecule has 1 aromatic carbocycles. The Kier molecular flexibility index (Phi) is 1.97. The lowest BCUT2D eigenvalue weighted by atomic mass is 9.95. The van der Waals surface area contributed by atoms with Crippen LogP contribution in [-0.4, -0.2) is 10.9 Å². The van der Waals surface area contributed by atoms with Crippen LogP contribution in [0.25, 0.3) is 6.08 Å². The van der Waals surface area contributed by atoms with E-state index in [-0.39, 0.29) is 6.23 Å². The molecule has 0 fully saturated rings. The molecule has 2 nitrogen and oxygen atoms in total. The molecule has 1 aliphatic carbocycles. The van der Waals surface area contributed by atoms with E-state index in [4.69, 9.17) is 4.74 Å². The van der Waals surface area contributed by atoms with Gasteiger partial charge in [-0.3, -0.25) is 0 Å². The molecule has 3 aliphatic rings. The van der Waals surface area contributed by atoms with Crippen molar-refractivity contribution in [1.82, 2.24) is 4.90 Å². The van der Waals surface area contributed by atoms with Gasteiger partial charge in [-0.15, -0.1) is 0 Å². The highest BCUT2D eigenvalue weighted by molar-refractivity contribution is 5.57. The summed E-state index contributed by atoms with van der Waals surface area (Å²) in [5.74, 6) is 0. The first-order valence-electron chi connectivity index (χ1n) is 6.18. The van der Waals surface area contributed by atoms with Gasteiger partial charge in [-0.05, 0) is 11.6 Å². The molecule has 18 heavy (non-hydrogen) atoms. The fourth-order valence-electron chi connectivity index (χ4n) is 2.74. The van der Waals surface area contributed by atoms with Crippen molar-refractivity contribution in [1.29, 1.82) is 0 Å². The Morgan fingerprint density at radius 1 is 1.06 bits per heavy atom. The summed E-state index contributed by atoms with van der Waals surface area (Å²) in [6, 6.07) is 8.68. The topological polar surface area (TPSA) is 12.5 Å². The molecule has 0 saturated carbocycles. The number of nitrogens with zero attached hydrogens (tertiary/aromatic N) is 1. The zero-order valence-corrected chi connectivity index (χ0v) is 9.86. The summed E-state index contributed by atoms with van der Waals surface area (Å²) in [6.07, 6.45) is 14.6. The van der Waals surface area contributed by atoms with Crippen molar-refractivity contribution in [2.45, 2.75) is 12.3 Å². The highest BCUT2D eigenvalue weighted by atomic mass is 16.5. The summed E-state index contributed by atoms with van der Waals surface area (Å²) in [5.41, 5.74) is 3.68. The van der Waals surface area contributed by atoms with Gasteiger partial charge >= 0.3 is 0 Å². The maximum atomic E-state index is 5.91. The molecule has 0 spiro atoms. The van der Waals surface area contributed by atoms with Crippen molar-refractivity contribution in [3.63, 3.8) is 0 Å². The Balaban J connectivity index is 1.82. The van der Waals surface area contributed by atoms with Gasteiger partial charge in [0.25, 0.3) is 0 Å². The van der Waals surface area contributed by atoms with Gasteiger partial charge in [0.1, 0.15) is 0 Å². The Morgan fingerprint density at radius 3 is 3.00 bits per heavy atom. The summed E-state index contributed by atoms with van der Waals surface area (Å²) in [5, 5.41) is 0. The van der Waals surface area contributed by atoms with Crippen LogP contribution in [0.1, 0.15) is 17.4 Å². The molecule has 0 amide bonds. The van der Waals surface area contributed by atoms with Gasteiger partial charge in [-0.1, -0.05) is 48.6 Å². The van der Waals surface area contributed by atoms with Crippen molar-refractivity contribution in [3.8, 4) is 0 Å². The van der Waals surface area contributed by atoms with Crippen LogP contribution in [0.5, 0.6) is 0 Å². The number of hydrogen-bond donors (Lipinski definition) is 0. The van der Waals surface area contributed by atoms with E-state index in [0.717, 1.165) is 0 Å². The average Bonchev–Trinajstić information content (AvgIpc) is 2.46. The van der Waals surface area contributed by atoms with Crippen LogP contribution in [0.3, 0.4) is 0 Å². The minimum Gasteiger partial charge on any atom is -0.473 e. The normalized spacial score (nSPS) is 26.9. The fraction of sp³-hybridized carbons (Fsp3) is 0.125. The van der Waals surface area contributed by atoms with Gasteiger partial charge in [0.05, 0.1) is 12.3 Å². The molecule has 2 aliphatic heterocycles. The van der Waals surface area contributed by atoms with Crippen LogP contribution in [0.2, 0.25) is 0 Å². The molecule has 2 heteroatoms. The van der Waals surface area contributed by atoms with Gasteiger partial charge in [-0.25, -0.2) is 0 Å². The number of benzene rings is 1. The molecule has 0 bridgehead atoms. The van der Waals surface area contributed by atoms with Gasteiger partial charge in [-0.2, -0.15) is 0 Å². The van der Waals surface area contributed by atoms with Crippen LogP contribution in [0.4, 0.5) is 0 Å². The van der Waals surface area contributed by atoms with Crippen molar-refractivity contribution in [3.05, 3.63) is 77.7 Å². The number of rotatable bonds is 0. The summed E-state index contributed by atoms with van der Waals surface area (Å²) >= 11 is 0. The van der Waals surface area contributed by atoms with Crippen LogP contribution in [0, 0.1) is 0 Å². The monoisotopic (exact) mass is 235 g/mol. The average molecular weight is 235 g/mol. The van der Waals surface area contributed by atoms with E-state index in [1.165, 1.54) is 16.7 Å². The first-order valence-corrected chi connectivity index (χ1v) is 6.18. The Morgan fingerprint density at radius 2 is 2.00 bits per heavy atom. The predicted octanol–water partition coefficient (Wildman–Crippen LogP) is 3.38. The second-order valence-corrected chi connectivity index (χ2v) is 4.69. The number of hydrogen-bond acceptors (Lipinski definition) is 2. The molecule has 2 unspecified atom stereocenters. The SMILES string of the molecule is C1=CC2=COC3c4ccccc4C=CN3C2C=C1. The maximum Gasteiger partial charge on any atom is 0.198 e. The number of ether oxygens (including phenoxy) is 1. The summed E-state index contributed by atoms with van der Waals surface area (Å²) in [4.78, 5) is 2.26. The number of allylic oxidation sites excluding steroid dienone is 2. The van der Waals surface area contributed by atoms with E-state index in [0.29, 0.717) is 6.04 Å². The first kappa shape index (κ1) is 9.77. The molecular formula is C16H13NO. The van der Waals surface area contributed by atoms with Crippen LogP contribution in [0.15, 0.2) is 66.6 Å². The zero-order chi connectivity index (χ0) is 11.9. The van der Waals surface area contributed by atoms with Gasteiger partial charge in [0.15, 0.2) is 6.23 Å². The molecule has 4 rings (SSSR count). The van der Waals surface area contributed by atoms with E-state index >= 15 is 0 Å². The zero-order valence-electron chi connectivity index (χ0n) is 9.86. The highest BCUT2D eigenvalue weighted by Crippen LogP contribution is 2.38. The number of fused-ring (bicyclic) bond motifs is 5. The van der Waals surface area contributed by atoms with E-state index in [2.05, 4.69) is 59.7 Å². The lowest BCUT2D eigenvalue weighted by molar-refractivity contribution is -0.00754. The molecule has 88 valence electrons. The third-order valence-corrected chi connectivity index (χ3v) is 3.65. The van der Waals surface area contributed by atoms with Crippen molar-refractivity contribution in [2.75, 3.05) is 0 Å². The van der Waals surface area contributed by atoms with E-state index in [9.17, 15) is 0 Å². The molecule has 0 N–H and O–H groups in total. The largest absolute Gasteiger partial charge is 0.473 e. The molecule has 0 saturated heterocycles. The van der Waals surface area contributed by atoms with E-state index in [1.54, 1.807) is 0 Å². The fourth-order valence-corrected chi connectivity index (χ4v) is 2.74. The second-order valence-electron chi connectivity index (χ2n) is 4.69. The Labute approximate surface area is 106 Å². The molecule has 0 aromatic heterocycles. The summed E-state index contributed by atoms with van der Waals surface area (Å²) in [7, 11) is 0. The van der Waals surface area contributed by atoms with Gasteiger partial charge in [0, 0.05) is 17.3 Å². The highest BCUT2D eigenvalue weighted by Gasteiger charge is 2.33. The van der Waals surface area contributed by atoms with Gasteiger partial charge < -0.3 is 9.64 Å². The van der Waals surface area contributed by atoms with Crippen molar-refractivity contribution >= 4 is 6.08 Å². The minimum absolute atomic E-state index is 0.00361. The first-order chi connectivity index (χ1) is 8.93. The molecule has 1 aromatic rings. The molecule has 2 atom stereocenters. The molecular weight excluding hydrogens is 222 g/mol. The van der Waals surface area contributed by atoms with E-state index < -0.39 is 0 Å². The third-order valence-electron chi connectivity index (χ3n) is 3.65. The predicted molar refractivity (Wildman–Crippen MR) is 71.3 cm³/mol. The quantitative estimate of drug-likeness (QED) is 0.683. The molecule has 2 heterocycles. The smallest absolute Gasteiger partial charge is 0.198 e.